The molecule has 2 aromatic heterocycles. The summed E-state index contributed by atoms with van der Waals surface area (Å²) in [5.41, 5.74) is 1.65. The predicted molar refractivity (Wildman–Crippen MR) is 65.6 cm³/mol. The van der Waals surface area contributed by atoms with Gasteiger partial charge in [-0.1, -0.05) is 0 Å². The van der Waals surface area contributed by atoms with Gasteiger partial charge in [-0.15, -0.1) is 11.3 Å². The summed E-state index contributed by atoms with van der Waals surface area (Å²) >= 11 is 1.58. The van der Waals surface area contributed by atoms with Gasteiger partial charge in [0.2, 0.25) is 5.89 Å². The van der Waals surface area contributed by atoms with Crippen LogP contribution >= 0.6 is 11.3 Å². The zero-order valence-electron chi connectivity index (χ0n) is 9.78. The summed E-state index contributed by atoms with van der Waals surface area (Å²) in [5, 5.41) is 13.8. The van der Waals surface area contributed by atoms with Gasteiger partial charge in [0.25, 0.3) is 0 Å². The van der Waals surface area contributed by atoms with E-state index >= 15 is 0 Å². The normalized spacial score (nSPS) is 10.4. The Bertz CT molecular complexity index is 531. The van der Waals surface area contributed by atoms with Crippen LogP contribution in [0.4, 0.5) is 0 Å². The molecule has 0 aliphatic heterocycles. The first-order valence-corrected chi connectivity index (χ1v) is 6.18. The standard InChI is InChI=1S/C12H13N3OS/c1-8-9(2)16-12(15-8)6-14-5-11-3-10(4-13)7-17-11/h3,7,14H,5-6H2,1-2H3. The maximum atomic E-state index is 8.70. The zero-order chi connectivity index (χ0) is 12.3. The average Bonchev–Trinajstić information content (AvgIpc) is 2.87. The second kappa shape index (κ2) is 5.13. The molecule has 0 aromatic carbocycles. The molecular weight excluding hydrogens is 234 g/mol. The smallest absolute Gasteiger partial charge is 0.208 e. The van der Waals surface area contributed by atoms with Gasteiger partial charge in [0.15, 0.2) is 0 Å². The number of hydrogen-bond donors (Lipinski definition) is 1. The Balaban J connectivity index is 1.85. The summed E-state index contributed by atoms with van der Waals surface area (Å²) in [6.07, 6.45) is 0. The van der Waals surface area contributed by atoms with Crippen molar-refractivity contribution in [1.29, 1.82) is 5.26 Å². The van der Waals surface area contributed by atoms with Crippen LogP contribution in [0.2, 0.25) is 0 Å². The molecule has 17 heavy (non-hydrogen) atoms. The molecule has 0 saturated heterocycles. The molecule has 0 fully saturated rings. The number of nitriles is 1. The lowest BCUT2D eigenvalue weighted by molar-refractivity contribution is 0.449. The largest absolute Gasteiger partial charge is 0.444 e. The lowest BCUT2D eigenvalue weighted by Gasteiger charge is -1.98. The highest BCUT2D eigenvalue weighted by Crippen LogP contribution is 2.14. The van der Waals surface area contributed by atoms with Gasteiger partial charge < -0.3 is 9.73 Å². The highest BCUT2D eigenvalue weighted by Gasteiger charge is 2.05. The van der Waals surface area contributed by atoms with E-state index in [1.165, 1.54) is 0 Å². The predicted octanol–water partition coefficient (Wildman–Crippen LogP) is 2.51. The van der Waals surface area contributed by atoms with E-state index in [0.717, 1.165) is 28.4 Å². The number of thiophene rings is 1. The molecule has 0 aliphatic carbocycles. The first-order chi connectivity index (χ1) is 8.19. The molecule has 0 unspecified atom stereocenters. The van der Waals surface area contributed by atoms with Gasteiger partial charge in [-0.3, -0.25) is 0 Å². The summed E-state index contributed by atoms with van der Waals surface area (Å²) in [6.45, 7) is 5.17. The van der Waals surface area contributed by atoms with Gasteiger partial charge in [0, 0.05) is 16.8 Å². The van der Waals surface area contributed by atoms with E-state index in [1.807, 2.05) is 25.3 Å². The van der Waals surface area contributed by atoms with Crippen LogP contribution in [-0.4, -0.2) is 4.98 Å². The number of hydrogen-bond acceptors (Lipinski definition) is 5. The highest BCUT2D eigenvalue weighted by atomic mass is 32.1. The van der Waals surface area contributed by atoms with Crippen molar-refractivity contribution >= 4 is 11.3 Å². The molecule has 0 aliphatic rings. The van der Waals surface area contributed by atoms with Gasteiger partial charge in [0.05, 0.1) is 17.8 Å². The van der Waals surface area contributed by atoms with Crippen LogP contribution in [0, 0.1) is 25.2 Å². The molecule has 1 N–H and O–H groups in total. The summed E-state index contributed by atoms with van der Waals surface area (Å²) in [4.78, 5) is 5.42. The molecule has 2 heterocycles. The fourth-order valence-electron chi connectivity index (χ4n) is 1.44. The Morgan fingerprint density at radius 3 is 2.88 bits per heavy atom. The Hall–Kier alpha value is -1.64. The first kappa shape index (κ1) is 11.8. The topological polar surface area (TPSA) is 61.9 Å². The number of aromatic nitrogens is 1. The van der Waals surface area contributed by atoms with Crippen molar-refractivity contribution in [1.82, 2.24) is 10.3 Å². The van der Waals surface area contributed by atoms with Crippen LogP contribution in [-0.2, 0) is 13.1 Å². The minimum absolute atomic E-state index is 0.606. The van der Waals surface area contributed by atoms with Crippen LogP contribution in [0.3, 0.4) is 0 Å². The van der Waals surface area contributed by atoms with E-state index in [2.05, 4.69) is 16.4 Å². The number of rotatable bonds is 4. The van der Waals surface area contributed by atoms with E-state index < -0.39 is 0 Å². The molecule has 2 aromatic rings. The summed E-state index contributed by atoms with van der Waals surface area (Å²) in [6, 6.07) is 4.01. The SMILES string of the molecule is Cc1nc(CNCc2cc(C#N)cs2)oc1C. The lowest BCUT2D eigenvalue weighted by atomic mass is 10.3. The number of oxazole rings is 1. The fourth-order valence-corrected chi connectivity index (χ4v) is 2.22. The van der Waals surface area contributed by atoms with E-state index in [4.69, 9.17) is 9.68 Å². The third-order valence-corrected chi connectivity index (χ3v) is 3.37. The number of aryl methyl sites for hydroxylation is 2. The van der Waals surface area contributed by atoms with Crippen LogP contribution in [0.1, 0.15) is 27.8 Å². The Morgan fingerprint density at radius 2 is 2.29 bits per heavy atom. The molecule has 0 radical (unpaired) electrons. The van der Waals surface area contributed by atoms with Crippen LogP contribution in [0.25, 0.3) is 0 Å². The zero-order valence-corrected chi connectivity index (χ0v) is 10.6. The van der Waals surface area contributed by atoms with Crippen molar-refractivity contribution < 1.29 is 4.42 Å². The van der Waals surface area contributed by atoms with Crippen molar-refractivity contribution in [3.8, 4) is 6.07 Å². The second-order valence-corrected chi connectivity index (χ2v) is 4.76. The average molecular weight is 247 g/mol. The van der Waals surface area contributed by atoms with Gasteiger partial charge in [0.1, 0.15) is 11.8 Å². The molecule has 0 saturated carbocycles. The summed E-state index contributed by atoms with van der Waals surface area (Å²) in [5.74, 6) is 1.57. The van der Waals surface area contributed by atoms with Crippen LogP contribution in [0.15, 0.2) is 15.9 Å². The first-order valence-electron chi connectivity index (χ1n) is 5.30. The maximum absolute atomic E-state index is 8.70. The number of nitrogens with one attached hydrogen (secondary N) is 1. The van der Waals surface area contributed by atoms with Gasteiger partial charge in [-0.05, 0) is 19.9 Å². The number of nitrogens with zero attached hydrogens (tertiary/aromatic N) is 2. The third-order valence-electron chi connectivity index (χ3n) is 2.43. The monoisotopic (exact) mass is 247 g/mol. The van der Waals surface area contributed by atoms with Gasteiger partial charge >= 0.3 is 0 Å². The lowest BCUT2D eigenvalue weighted by Crippen LogP contribution is -2.11. The molecular formula is C12H13N3OS. The highest BCUT2D eigenvalue weighted by molar-refractivity contribution is 7.10. The van der Waals surface area contributed by atoms with E-state index in [9.17, 15) is 0 Å². The fraction of sp³-hybridized carbons (Fsp3) is 0.333. The quantitative estimate of drug-likeness (QED) is 0.901. The Labute approximate surface area is 104 Å². The summed E-state index contributed by atoms with van der Waals surface area (Å²) in [7, 11) is 0. The summed E-state index contributed by atoms with van der Waals surface area (Å²) < 4.78 is 5.46. The van der Waals surface area contributed by atoms with Crippen LogP contribution < -0.4 is 5.32 Å². The third kappa shape index (κ3) is 2.93. The molecule has 0 amide bonds. The van der Waals surface area contributed by atoms with Gasteiger partial charge in [-0.25, -0.2) is 4.98 Å². The molecule has 0 spiro atoms. The molecule has 0 bridgehead atoms. The van der Waals surface area contributed by atoms with Crippen molar-refractivity contribution in [3.63, 3.8) is 0 Å². The maximum Gasteiger partial charge on any atom is 0.208 e. The molecule has 2 rings (SSSR count). The van der Waals surface area contributed by atoms with Gasteiger partial charge in [-0.2, -0.15) is 5.26 Å². The molecule has 88 valence electrons. The van der Waals surface area contributed by atoms with E-state index in [-0.39, 0.29) is 0 Å². The van der Waals surface area contributed by atoms with Crippen molar-refractivity contribution in [2.75, 3.05) is 0 Å². The Morgan fingerprint density at radius 1 is 1.47 bits per heavy atom. The van der Waals surface area contributed by atoms with Crippen molar-refractivity contribution in [2.24, 2.45) is 0 Å². The molecule has 5 heteroatoms. The Kier molecular flexibility index (Phi) is 3.57. The second-order valence-electron chi connectivity index (χ2n) is 3.77. The van der Waals surface area contributed by atoms with E-state index in [0.29, 0.717) is 12.4 Å². The van der Waals surface area contributed by atoms with Crippen molar-refractivity contribution in [3.05, 3.63) is 39.2 Å². The van der Waals surface area contributed by atoms with Crippen molar-refractivity contribution in [2.45, 2.75) is 26.9 Å². The van der Waals surface area contributed by atoms with E-state index in [1.54, 1.807) is 11.3 Å². The molecule has 0 atom stereocenters. The van der Waals surface area contributed by atoms with Crippen LogP contribution in [0.5, 0.6) is 0 Å². The minimum atomic E-state index is 0.606. The minimum Gasteiger partial charge on any atom is -0.444 e. The molecule has 4 nitrogen and oxygen atoms in total.